The molecule has 1 aliphatic carbocycles. The van der Waals surface area contributed by atoms with Gasteiger partial charge in [0, 0.05) is 36.9 Å². The van der Waals surface area contributed by atoms with Crippen molar-refractivity contribution in [2.75, 3.05) is 13.7 Å². The highest BCUT2D eigenvalue weighted by Crippen LogP contribution is 2.39. The number of nitrogens with zero attached hydrogens (tertiary/aromatic N) is 6. The van der Waals surface area contributed by atoms with Gasteiger partial charge in [0.1, 0.15) is 28.7 Å². The van der Waals surface area contributed by atoms with E-state index in [0.29, 0.717) is 36.1 Å². The minimum atomic E-state index is -0.668. The second-order valence-electron chi connectivity index (χ2n) is 9.80. The predicted octanol–water partition coefficient (Wildman–Crippen LogP) is 6.63. The van der Waals surface area contributed by atoms with Crippen LogP contribution in [-0.4, -0.2) is 37.5 Å². The number of alkyl halides is 1. The second-order valence-corrected chi connectivity index (χ2v) is 11.6. The fourth-order valence-electron chi connectivity index (χ4n) is 4.62. The van der Waals surface area contributed by atoms with Crippen LogP contribution in [0.25, 0.3) is 22.6 Å². The quantitative estimate of drug-likeness (QED) is 0.117. The molecule has 1 unspecified atom stereocenters. The highest BCUT2D eigenvalue weighted by Gasteiger charge is 2.38. The summed E-state index contributed by atoms with van der Waals surface area (Å²) < 4.78 is 26.8. The van der Waals surface area contributed by atoms with Gasteiger partial charge < -0.3 is 14.0 Å². The van der Waals surface area contributed by atoms with E-state index in [1.165, 1.54) is 12.1 Å². The lowest BCUT2D eigenvalue weighted by Crippen LogP contribution is -2.30. The minimum absolute atomic E-state index is 0.338. The Balaban J connectivity index is 1.33. The van der Waals surface area contributed by atoms with Crippen LogP contribution in [0, 0.1) is 11.7 Å². The highest BCUT2D eigenvalue weighted by molar-refractivity contribution is 14.1. The first-order valence-corrected chi connectivity index (χ1v) is 13.7. The Morgan fingerprint density at radius 3 is 2.67 bits per heavy atom. The molecule has 6 rings (SSSR count). The van der Waals surface area contributed by atoms with Gasteiger partial charge in [-0.1, -0.05) is 12.1 Å². The van der Waals surface area contributed by atoms with Crippen molar-refractivity contribution in [2.24, 2.45) is 28.4 Å². The molecule has 0 N–H and O–H groups in total. The Kier molecular flexibility index (Phi) is 6.88. The third-order valence-electron chi connectivity index (χ3n) is 6.89. The number of pyridine rings is 1. The summed E-state index contributed by atoms with van der Waals surface area (Å²) in [5.74, 6) is 1.51. The van der Waals surface area contributed by atoms with Crippen LogP contribution in [0.4, 0.5) is 4.39 Å². The molecule has 1 atom stereocenters. The molecule has 198 valence electrons. The number of imidazole rings is 1. The molecule has 4 aromatic rings. The number of halogens is 2. The lowest BCUT2D eigenvalue weighted by molar-refractivity contribution is 0.299. The summed E-state index contributed by atoms with van der Waals surface area (Å²) in [6.07, 6.45) is 6.39. The van der Waals surface area contributed by atoms with Crippen LogP contribution >= 0.6 is 22.6 Å². The third-order valence-corrected chi connectivity index (χ3v) is 8.00. The largest absolute Gasteiger partial charge is 0.497 e. The fourth-order valence-corrected chi connectivity index (χ4v) is 5.58. The van der Waals surface area contributed by atoms with E-state index >= 15 is 0 Å². The molecule has 0 bridgehead atoms. The zero-order valence-corrected chi connectivity index (χ0v) is 23.7. The lowest BCUT2D eigenvalue weighted by Gasteiger charge is -2.20. The lowest BCUT2D eigenvalue weighted by atomic mass is 9.97. The van der Waals surface area contributed by atoms with Crippen molar-refractivity contribution in [3.63, 3.8) is 0 Å². The predicted molar refractivity (Wildman–Crippen MR) is 155 cm³/mol. The molecule has 0 amide bonds. The Hall–Kier alpha value is -3.67. The highest BCUT2D eigenvalue weighted by atomic mass is 127. The number of aryl methyl sites for hydroxylation is 1. The van der Waals surface area contributed by atoms with Gasteiger partial charge in [-0.2, -0.15) is 0 Å². The molecule has 1 fully saturated rings. The summed E-state index contributed by atoms with van der Waals surface area (Å²) in [4.78, 5) is 9.31. The zero-order valence-electron chi connectivity index (χ0n) is 21.5. The number of aromatic nitrogens is 3. The average molecular weight is 636 g/mol. The number of methoxy groups -OCH3 is 1. The summed E-state index contributed by atoms with van der Waals surface area (Å²) in [7, 11) is 3.56. The number of benzene rings is 2. The van der Waals surface area contributed by atoms with Gasteiger partial charge in [0.15, 0.2) is 3.55 Å². The molecule has 3 heterocycles. The molecule has 2 aromatic heterocycles. The molecule has 39 heavy (non-hydrogen) atoms. The van der Waals surface area contributed by atoms with Crippen molar-refractivity contribution < 1.29 is 13.9 Å². The van der Waals surface area contributed by atoms with Gasteiger partial charge in [-0.3, -0.25) is 4.98 Å². The van der Waals surface area contributed by atoms with Crippen LogP contribution in [-0.2, 0) is 13.5 Å². The third kappa shape index (κ3) is 5.29. The summed E-state index contributed by atoms with van der Waals surface area (Å²) in [6.45, 7) is 0.579. The first kappa shape index (κ1) is 25.6. The van der Waals surface area contributed by atoms with Crippen LogP contribution in [0.15, 0.2) is 82.6 Å². The number of ether oxygens (including phenoxy) is 2. The number of hydrogen-bond acceptors (Lipinski definition) is 7. The molecular weight excluding hydrogens is 610 g/mol. The van der Waals surface area contributed by atoms with Crippen LogP contribution in [0.1, 0.15) is 24.0 Å². The summed E-state index contributed by atoms with van der Waals surface area (Å²) in [5, 5.41) is 12.9. The summed E-state index contributed by atoms with van der Waals surface area (Å²) >= 11 is 2.31. The molecule has 0 radical (unpaired) electrons. The molecule has 1 aliphatic heterocycles. The van der Waals surface area contributed by atoms with E-state index < -0.39 is 3.55 Å². The maximum absolute atomic E-state index is 14.2. The minimum Gasteiger partial charge on any atom is -0.497 e. The topological polar surface area (TPSA) is 86.3 Å². The van der Waals surface area contributed by atoms with Gasteiger partial charge in [0.25, 0.3) is 0 Å². The van der Waals surface area contributed by atoms with Gasteiger partial charge in [-0.15, -0.1) is 10.2 Å². The zero-order chi connectivity index (χ0) is 27.0. The maximum Gasteiger partial charge on any atom is 0.182 e. The number of hydrogen-bond donors (Lipinski definition) is 0. The maximum atomic E-state index is 14.2. The first-order chi connectivity index (χ1) is 18.9. The van der Waals surface area contributed by atoms with Crippen LogP contribution < -0.4 is 9.47 Å². The monoisotopic (exact) mass is 636 g/mol. The molecule has 0 saturated heterocycles. The van der Waals surface area contributed by atoms with Crippen molar-refractivity contribution >= 4 is 28.3 Å². The Bertz CT molecular complexity index is 1580. The van der Waals surface area contributed by atoms with Crippen molar-refractivity contribution in [1.29, 1.82) is 0 Å². The Morgan fingerprint density at radius 2 is 1.90 bits per heavy atom. The van der Waals surface area contributed by atoms with Gasteiger partial charge in [0.2, 0.25) is 0 Å². The molecule has 2 aromatic carbocycles. The van der Waals surface area contributed by atoms with Crippen molar-refractivity contribution in [3.8, 4) is 34.1 Å². The van der Waals surface area contributed by atoms with E-state index in [1.807, 2.05) is 48.0 Å². The van der Waals surface area contributed by atoms with Gasteiger partial charge in [-0.25, -0.2) is 9.37 Å². The van der Waals surface area contributed by atoms with Crippen LogP contribution in [0.2, 0.25) is 0 Å². The normalized spacial score (nSPS) is 18.3. The second kappa shape index (κ2) is 10.5. The van der Waals surface area contributed by atoms with E-state index in [1.54, 1.807) is 25.7 Å². The van der Waals surface area contributed by atoms with Crippen molar-refractivity contribution in [3.05, 3.63) is 84.1 Å². The molecule has 10 heteroatoms. The molecule has 2 aliphatic rings. The summed E-state index contributed by atoms with van der Waals surface area (Å²) in [5.41, 5.74) is 5.60. The molecule has 0 spiro atoms. The van der Waals surface area contributed by atoms with E-state index in [9.17, 15) is 4.39 Å². The Labute approximate surface area is 239 Å². The standard InChI is InChI=1S/C29H26FIN6O2/c1-37-17-33-26(27(37)23-10-7-21(30)14-25(23)39-16-19-3-4-19)24-13-20(11-12-32-24)28-29(31,35-36-34-28)15-18-5-8-22(38-2)9-6-18/h5-14,17,19H,3-4,15-16H2,1-2H3. The number of rotatable bonds is 9. The van der Waals surface area contributed by atoms with Crippen molar-refractivity contribution in [2.45, 2.75) is 22.8 Å². The van der Waals surface area contributed by atoms with Gasteiger partial charge >= 0.3 is 0 Å². The van der Waals surface area contributed by atoms with Gasteiger partial charge in [0.05, 0.1) is 31.4 Å². The van der Waals surface area contributed by atoms with Gasteiger partial charge in [-0.05, 0) is 88.5 Å². The Morgan fingerprint density at radius 1 is 1.08 bits per heavy atom. The molecule has 8 nitrogen and oxygen atoms in total. The molecule has 1 saturated carbocycles. The first-order valence-electron chi connectivity index (χ1n) is 12.7. The van der Waals surface area contributed by atoms with Crippen LogP contribution in [0.5, 0.6) is 11.5 Å². The van der Waals surface area contributed by atoms with Crippen LogP contribution in [0.3, 0.4) is 0 Å². The SMILES string of the molecule is COc1ccc(CC2(I)N=NN=C2c2ccnc(-c3ncn(C)c3-c3ccc(F)cc3OCC3CC3)c2)cc1. The smallest absolute Gasteiger partial charge is 0.182 e. The molecular formula is C29H26FIN6O2. The van der Waals surface area contributed by atoms with E-state index in [2.05, 4.69) is 48.0 Å². The van der Waals surface area contributed by atoms with Crippen molar-refractivity contribution in [1.82, 2.24) is 14.5 Å². The average Bonchev–Trinajstić information content (AvgIpc) is 3.59. The summed E-state index contributed by atoms with van der Waals surface area (Å²) in [6, 6.07) is 16.4. The van der Waals surface area contributed by atoms with E-state index in [4.69, 9.17) is 9.47 Å². The van der Waals surface area contributed by atoms with E-state index in [0.717, 1.165) is 46.7 Å². The fraction of sp³-hybridized carbons (Fsp3) is 0.276. The van der Waals surface area contributed by atoms with E-state index in [-0.39, 0.29) is 5.82 Å².